The lowest BCUT2D eigenvalue weighted by atomic mass is 9.96. The Kier molecular flexibility index (Phi) is 2.90. The minimum atomic E-state index is -0.522. The number of rotatable bonds is 1. The molecule has 0 saturated carbocycles. The number of carbonyl (C=O) groups is 1. The van der Waals surface area contributed by atoms with E-state index in [0.29, 0.717) is 6.42 Å². The van der Waals surface area contributed by atoms with Gasteiger partial charge in [-0.15, -0.1) is 0 Å². The van der Waals surface area contributed by atoms with Crippen molar-refractivity contribution in [2.24, 2.45) is 0 Å². The third-order valence-corrected chi connectivity index (χ3v) is 3.73. The van der Waals surface area contributed by atoms with Crippen molar-refractivity contribution in [3.63, 3.8) is 0 Å². The normalized spacial score (nSPS) is 13.9. The Bertz CT molecular complexity index is 753. The number of hydrogen-bond acceptors (Lipinski definition) is 2. The van der Waals surface area contributed by atoms with Crippen molar-refractivity contribution in [1.29, 1.82) is 5.26 Å². The maximum atomic E-state index is 13.4. The summed E-state index contributed by atoms with van der Waals surface area (Å²) in [5.41, 5.74) is 3.41. The van der Waals surface area contributed by atoms with Gasteiger partial charge >= 0.3 is 0 Å². The molecule has 20 heavy (non-hydrogen) atoms. The van der Waals surface area contributed by atoms with E-state index in [9.17, 15) is 9.18 Å². The second-order valence-corrected chi connectivity index (χ2v) is 5.03. The van der Waals surface area contributed by atoms with Crippen molar-refractivity contribution in [2.45, 2.75) is 26.2 Å². The number of benzene rings is 1. The zero-order valence-corrected chi connectivity index (χ0v) is 11.1. The first-order valence-corrected chi connectivity index (χ1v) is 6.56. The van der Waals surface area contributed by atoms with Crippen LogP contribution in [-0.2, 0) is 6.42 Å². The fourth-order valence-electron chi connectivity index (χ4n) is 2.83. The predicted molar refractivity (Wildman–Crippen MR) is 72.4 cm³/mol. The highest BCUT2D eigenvalue weighted by atomic mass is 19.1. The average molecular weight is 268 g/mol. The van der Waals surface area contributed by atoms with Crippen LogP contribution >= 0.6 is 0 Å². The van der Waals surface area contributed by atoms with Gasteiger partial charge in [0.05, 0.1) is 5.56 Å². The van der Waals surface area contributed by atoms with Gasteiger partial charge in [-0.05, 0) is 44.0 Å². The molecular weight excluding hydrogens is 255 g/mol. The highest BCUT2D eigenvalue weighted by molar-refractivity contribution is 5.98. The third-order valence-electron chi connectivity index (χ3n) is 3.73. The van der Waals surface area contributed by atoms with Gasteiger partial charge in [-0.2, -0.15) is 5.26 Å². The molecule has 1 aromatic heterocycles. The first-order chi connectivity index (χ1) is 9.61. The van der Waals surface area contributed by atoms with Gasteiger partial charge in [-0.3, -0.25) is 4.79 Å². The van der Waals surface area contributed by atoms with Gasteiger partial charge < -0.3 is 4.57 Å². The standard InChI is InChI=1S/C16H13FN2O/c1-10-7-13-15(3-2-4-16(13)20)19(10)12-5-6-14(17)11(8-12)9-18/h5-8H,2-4H2,1H3. The third kappa shape index (κ3) is 1.83. The van der Waals surface area contributed by atoms with E-state index in [1.807, 2.05) is 23.6 Å². The molecule has 1 aliphatic rings. The van der Waals surface area contributed by atoms with E-state index in [-0.39, 0.29) is 11.3 Å². The quantitative estimate of drug-likeness (QED) is 0.796. The summed E-state index contributed by atoms with van der Waals surface area (Å²) in [4.78, 5) is 11.9. The van der Waals surface area contributed by atoms with E-state index in [1.54, 1.807) is 6.07 Å². The minimum Gasteiger partial charge on any atom is -0.317 e. The van der Waals surface area contributed by atoms with Gasteiger partial charge in [-0.25, -0.2) is 4.39 Å². The number of fused-ring (bicyclic) bond motifs is 1. The molecule has 1 heterocycles. The van der Waals surface area contributed by atoms with E-state index in [4.69, 9.17) is 5.26 Å². The first kappa shape index (κ1) is 12.6. The van der Waals surface area contributed by atoms with Crippen LogP contribution in [0.1, 0.15) is 40.2 Å². The number of aryl methyl sites for hydroxylation is 1. The molecule has 0 amide bonds. The zero-order valence-electron chi connectivity index (χ0n) is 11.1. The van der Waals surface area contributed by atoms with E-state index < -0.39 is 5.82 Å². The number of nitriles is 1. The smallest absolute Gasteiger partial charge is 0.164 e. The molecule has 0 atom stereocenters. The Balaban J connectivity index is 2.21. The Hall–Kier alpha value is -2.41. The maximum absolute atomic E-state index is 13.4. The highest BCUT2D eigenvalue weighted by Crippen LogP contribution is 2.28. The molecule has 2 aromatic rings. The summed E-state index contributed by atoms with van der Waals surface area (Å²) >= 11 is 0. The summed E-state index contributed by atoms with van der Waals surface area (Å²) < 4.78 is 15.4. The number of hydrogen-bond donors (Lipinski definition) is 0. The fraction of sp³-hybridized carbons (Fsp3) is 0.250. The number of Topliss-reactive ketones (excluding diaryl/α,β-unsaturated/α-hetero) is 1. The summed E-state index contributed by atoms with van der Waals surface area (Å²) in [6.07, 6.45) is 2.25. The molecule has 3 nitrogen and oxygen atoms in total. The molecule has 0 saturated heterocycles. The van der Waals surface area contributed by atoms with Crippen molar-refractivity contribution in [3.05, 3.63) is 52.6 Å². The van der Waals surface area contributed by atoms with Crippen molar-refractivity contribution in [1.82, 2.24) is 4.57 Å². The molecule has 0 aliphatic heterocycles. The number of carbonyl (C=O) groups excluding carboxylic acids is 1. The van der Waals surface area contributed by atoms with E-state index >= 15 is 0 Å². The van der Waals surface area contributed by atoms with Crippen LogP contribution in [0.25, 0.3) is 5.69 Å². The highest BCUT2D eigenvalue weighted by Gasteiger charge is 2.23. The van der Waals surface area contributed by atoms with E-state index in [0.717, 1.165) is 35.5 Å². The summed E-state index contributed by atoms with van der Waals surface area (Å²) in [5, 5.41) is 8.94. The molecule has 4 heteroatoms. The van der Waals surface area contributed by atoms with Gasteiger partial charge in [0.15, 0.2) is 5.78 Å². The minimum absolute atomic E-state index is 0.0199. The van der Waals surface area contributed by atoms with Gasteiger partial charge in [0.25, 0.3) is 0 Å². The van der Waals surface area contributed by atoms with Gasteiger partial charge in [0.2, 0.25) is 0 Å². The molecule has 0 unspecified atom stereocenters. The van der Waals surface area contributed by atoms with Crippen LogP contribution in [0.15, 0.2) is 24.3 Å². The Labute approximate surface area is 116 Å². The molecule has 3 rings (SSSR count). The fourth-order valence-corrected chi connectivity index (χ4v) is 2.83. The summed E-state index contributed by atoms with van der Waals surface area (Å²) in [7, 11) is 0. The summed E-state index contributed by atoms with van der Waals surface area (Å²) in [6.45, 7) is 1.92. The second kappa shape index (κ2) is 4.61. The molecule has 100 valence electrons. The molecule has 1 aromatic carbocycles. The SMILES string of the molecule is Cc1cc2c(n1-c1ccc(F)c(C#N)c1)CCCC2=O. The molecule has 0 N–H and O–H groups in total. The molecule has 0 bridgehead atoms. The second-order valence-electron chi connectivity index (χ2n) is 5.03. The lowest BCUT2D eigenvalue weighted by molar-refractivity contribution is 0.0972. The number of nitrogens with zero attached hydrogens (tertiary/aromatic N) is 2. The topological polar surface area (TPSA) is 45.8 Å². The molecule has 1 aliphatic carbocycles. The van der Waals surface area contributed by atoms with Crippen LogP contribution in [-0.4, -0.2) is 10.4 Å². The Morgan fingerprint density at radius 2 is 2.10 bits per heavy atom. The van der Waals surface area contributed by atoms with Crippen LogP contribution in [0, 0.1) is 24.1 Å². The van der Waals surface area contributed by atoms with Crippen molar-refractivity contribution in [3.8, 4) is 11.8 Å². The molecule has 0 fully saturated rings. The van der Waals surface area contributed by atoms with Crippen LogP contribution in [0.3, 0.4) is 0 Å². The van der Waals surface area contributed by atoms with Crippen LogP contribution in [0.5, 0.6) is 0 Å². The number of ketones is 1. The molecule has 0 spiro atoms. The van der Waals surface area contributed by atoms with Crippen molar-refractivity contribution < 1.29 is 9.18 Å². The maximum Gasteiger partial charge on any atom is 0.164 e. The predicted octanol–water partition coefficient (Wildman–Crippen LogP) is 3.32. The van der Waals surface area contributed by atoms with Crippen LogP contribution < -0.4 is 0 Å². The molecular formula is C16H13FN2O. The average Bonchev–Trinajstić information content (AvgIpc) is 2.77. The molecule has 0 radical (unpaired) electrons. The van der Waals surface area contributed by atoms with Crippen LogP contribution in [0.4, 0.5) is 4.39 Å². The van der Waals surface area contributed by atoms with E-state index in [1.165, 1.54) is 12.1 Å². The zero-order chi connectivity index (χ0) is 14.3. The summed E-state index contributed by atoms with van der Waals surface area (Å²) in [6, 6.07) is 8.20. The number of aromatic nitrogens is 1. The monoisotopic (exact) mass is 268 g/mol. The van der Waals surface area contributed by atoms with Gasteiger partial charge in [-0.1, -0.05) is 0 Å². The Morgan fingerprint density at radius 3 is 2.85 bits per heavy atom. The number of halogens is 1. The summed E-state index contributed by atoms with van der Waals surface area (Å²) in [5.74, 6) is -0.360. The first-order valence-electron chi connectivity index (χ1n) is 6.56. The largest absolute Gasteiger partial charge is 0.317 e. The van der Waals surface area contributed by atoms with Gasteiger partial charge in [0.1, 0.15) is 11.9 Å². The Morgan fingerprint density at radius 1 is 1.30 bits per heavy atom. The van der Waals surface area contributed by atoms with Crippen LogP contribution in [0.2, 0.25) is 0 Å². The van der Waals surface area contributed by atoms with Crippen molar-refractivity contribution in [2.75, 3.05) is 0 Å². The lowest BCUT2D eigenvalue weighted by Crippen LogP contribution is -2.12. The lowest BCUT2D eigenvalue weighted by Gasteiger charge is -2.16. The van der Waals surface area contributed by atoms with Gasteiger partial charge in [0, 0.05) is 29.1 Å². The van der Waals surface area contributed by atoms with E-state index in [2.05, 4.69) is 0 Å². The van der Waals surface area contributed by atoms with Crippen molar-refractivity contribution >= 4 is 5.78 Å².